The van der Waals surface area contributed by atoms with Crippen LogP contribution < -0.4 is 5.43 Å². The van der Waals surface area contributed by atoms with Crippen LogP contribution in [0.3, 0.4) is 0 Å². The minimum atomic E-state index is -0.378. The number of carbonyl (C=O) groups is 1. The van der Waals surface area contributed by atoms with Gasteiger partial charge in [0.05, 0.1) is 31.8 Å². The number of halogens is 2. The third-order valence-corrected chi connectivity index (χ3v) is 5.34. The molecule has 0 atom stereocenters. The van der Waals surface area contributed by atoms with Crippen LogP contribution in [0.5, 0.6) is 5.75 Å². The number of amides is 1. The number of aromatic hydroxyl groups is 1. The van der Waals surface area contributed by atoms with Gasteiger partial charge in [0.1, 0.15) is 5.75 Å². The molecule has 3 aromatic rings. The van der Waals surface area contributed by atoms with E-state index in [1.807, 2.05) is 0 Å². The maximum atomic E-state index is 12.0. The average Bonchev–Trinajstić information content (AvgIpc) is 3.04. The highest BCUT2D eigenvalue weighted by Crippen LogP contribution is 2.40. The van der Waals surface area contributed by atoms with Crippen LogP contribution in [0.25, 0.3) is 10.4 Å². The molecule has 8 heteroatoms. The Labute approximate surface area is 163 Å². The fourth-order valence-corrected chi connectivity index (χ4v) is 3.51. The number of hydrogen-bond acceptors (Lipinski definition) is 5. The van der Waals surface area contributed by atoms with Crippen molar-refractivity contribution in [2.24, 2.45) is 5.10 Å². The summed E-state index contributed by atoms with van der Waals surface area (Å²) >= 11 is 13.3. The second-order valence-electron chi connectivity index (χ2n) is 5.34. The Morgan fingerprint density at radius 1 is 1.27 bits per heavy atom. The summed E-state index contributed by atoms with van der Waals surface area (Å²) in [6, 6.07) is 8.44. The summed E-state index contributed by atoms with van der Waals surface area (Å²) in [6.45, 7) is 1.70. The molecule has 0 aliphatic heterocycles. The zero-order valence-corrected chi connectivity index (χ0v) is 15.9. The van der Waals surface area contributed by atoms with Crippen molar-refractivity contribution >= 4 is 46.2 Å². The number of carbonyl (C=O) groups excluding carboxylic acids is 1. The van der Waals surface area contributed by atoms with Crippen LogP contribution in [0.1, 0.15) is 22.8 Å². The van der Waals surface area contributed by atoms with Crippen molar-refractivity contribution in [3.63, 3.8) is 0 Å². The second-order valence-corrected chi connectivity index (χ2v) is 7.03. The first-order valence-electron chi connectivity index (χ1n) is 7.48. The molecule has 0 saturated heterocycles. The minimum Gasteiger partial charge on any atom is -0.506 e. The van der Waals surface area contributed by atoms with Crippen molar-refractivity contribution in [1.29, 1.82) is 0 Å². The van der Waals surface area contributed by atoms with Crippen LogP contribution in [0.2, 0.25) is 10.0 Å². The van der Waals surface area contributed by atoms with Crippen LogP contribution in [0, 0.1) is 0 Å². The molecule has 0 aliphatic rings. The van der Waals surface area contributed by atoms with Gasteiger partial charge in [-0.25, -0.2) is 5.43 Å². The lowest BCUT2D eigenvalue weighted by atomic mass is 10.1. The first-order valence-corrected chi connectivity index (χ1v) is 9.12. The smallest absolute Gasteiger partial charge is 0.272 e. The summed E-state index contributed by atoms with van der Waals surface area (Å²) in [7, 11) is 0. The van der Waals surface area contributed by atoms with Crippen molar-refractivity contribution in [1.82, 2.24) is 10.4 Å². The molecule has 0 bridgehead atoms. The van der Waals surface area contributed by atoms with E-state index in [1.54, 1.807) is 48.8 Å². The topological polar surface area (TPSA) is 74.6 Å². The Balaban J connectivity index is 1.82. The quantitative estimate of drug-likeness (QED) is 0.474. The molecule has 26 heavy (non-hydrogen) atoms. The van der Waals surface area contributed by atoms with Crippen molar-refractivity contribution in [2.45, 2.75) is 6.92 Å². The number of pyridine rings is 1. The molecule has 132 valence electrons. The van der Waals surface area contributed by atoms with Gasteiger partial charge in [0, 0.05) is 17.8 Å². The molecule has 0 aliphatic carbocycles. The van der Waals surface area contributed by atoms with Gasteiger partial charge in [0.2, 0.25) is 0 Å². The maximum absolute atomic E-state index is 12.0. The normalized spacial score (nSPS) is 11.4. The highest BCUT2D eigenvalue weighted by atomic mass is 35.5. The van der Waals surface area contributed by atoms with Gasteiger partial charge in [-0.15, -0.1) is 11.3 Å². The monoisotopic (exact) mass is 405 g/mol. The fourth-order valence-electron chi connectivity index (χ4n) is 2.21. The average molecular weight is 406 g/mol. The molecule has 0 radical (unpaired) electrons. The SMILES string of the molecule is CC(=NNC(=O)c1cccnc1)c1csc(-c2ccc(Cl)c(Cl)c2)c1O. The van der Waals surface area contributed by atoms with Gasteiger partial charge in [-0.2, -0.15) is 5.10 Å². The van der Waals surface area contributed by atoms with Crippen molar-refractivity contribution in [3.05, 3.63) is 69.3 Å². The van der Waals surface area contributed by atoms with E-state index in [1.165, 1.54) is 17.5 Å². The van der Waals surface area contributed by atoms with Gasteiger partial charge in [-0.05, 0) is 36.8 Å². The molecule has 1 amide bonds. The highest BCUT2D eigenvalue weighted by molar-refractivity contribution is 7.14. The van der Waals surface area contributed by atoms with Crippen molar-refractivity contribution in [2.75, 3.05) is 0 Å². The van der Waals surface area contributed by atoms with Crippen molar-refractivity contribution in [3.8, 4) is 16.2 Å². The van der Waals surface area contributed by atoms with E-state index >= 15 is 0 Å². The fraction of sp³-hybridized carbons (Fsp3) is 0.0556. The van der Waals surface area contributed by atoms with Crippen LogP contribution in [0.4, 0.5) is 0 Å². The van der Waals surface area contributed by atoms with E-state index < -0.39 is 0 Å². The number of thiophene rings is 1. The standard InChI is InChI=1S/C18H13Cl2N3O2S/c1-10(22-23-18(25)12-3-2-6-21-8-12)13-9-26-17(16(13)24)11-4-5-14(19)15(20)7-11/h2-9,24H,1H3,(H,23,25). The van der Waals surface area contributed by atoms with E-state index in [0.717, 1.165) is 5.56 Å². The summed E-state index contributed by atoms with van der Waals surface area (Å²) in [5.74, 6) is -0.304. The Bertz CT molecular complexity index is 987. The van der Waals surface area contributed by atoms with E-state index in [9.17, 15) is 9.90 Å². The van der Waals surface area contributed by atoms with Gasteiger partial charge < -0.3 is 5.11 Å². The highest BCUT2D eigenvalue weighted by Gasteiger charge is 2.16. The molecule has 0 saturated carbocycles. The molecule has 2 heterocycles. The molecule has 0 unspecified atom stereocenters. The summed E-state index contributed by atoms with van der Waals surface area (Å²) in [5.41, 5.74) is 4.61. The maximum Gasteiger partial charge on any atom is 0.272 e. The Hall–Kier alpha value is -2.41. The molecule has 5 nitrogen and oxygen atoms in total. The van der Waals surface area contributed by atoms with E-state index in [0.29, 0.717) is 31.8 Å². The molecule has 2 aromatic heterocycles. The summed E-state index contributed by atoms with van der Waals surface area (Å²) in [4.78, 5) is 16.5. The number of hydrogen-bond donors (Lipinski definition) is 2. The van der Waals surface area contributed by atoms with E-state index in [2.05, 4.69) is 15.5 Å². The molecule has 2 N–H and O–H groups in total. The zero-order valence-electron chi connectivity index (χ0n) is 13.5. The molecule has 0 spiro atoms. The largest absolute Gasteiger partial charge is 0.506 e. The summed E-state index contributed by atoms with van der Waals surface area (Å²) < 4.78 is 0. The zero-order chi connectivity index (χ0) is 18.7. The van der Waals surface area contributed by atoms with Crippen molar-refractivity contribution < 1.29 is 9.90 Å². The summed E-state index contributed by atoms with van der Waals surface area (Å²) in [5, 5.41) is 17.2. The Morgan fingerprint density at radius 2 is 2.08 bits per heavy atom. The lowest BCUT2D eigenvalue weighted by molar-refractivity contribution is 0.0954. The Kier molecular flexibility index (Phi) is 5.56. The number of nitrogens with one attached hydrogen (secondary N) is 1. The molecular weight excluding hydrogens is 393 g/mol. The minimum absolute atomic E-state index is 0.0743. The van der Waals surface area contributed by atoms with Crippen LogP contribution in [-0.2, 0) is 0 Å². The third kappa shape index (κ3) is 3.88. The lowest BCUT2D eigenvalue weighted by Gasteiger charge is -2.04. The lowest BCUT2D eigenvalue weighted by Crippen LogP contribution is -2.19. The van der Waals surface area contributed by atoms with Gasteiger partial charge in [-0.1, -0.05) is 29.3 Å². The number of hydrazone groups is 1. The van der Waals surface area contributed by atoms with Gasteiger partial charge >= 0.3 is 0 Å². The Morgan fingerprint density at radius 3 is 2.77 bits per heavy atom. The first-order chi connectivity index (χ1) is 12.5. The summed E-state index contributed by atoms with van der Waals surface area (Å²) in [6.07, 6.45) is 3.03. The van der Waals surface area contributed by atoms with Crippen LogP contribution in [0.15, 0.2) is 53.2 Å². The number of rotatable bonds is 4. The third-order valence-electron chi connectivity index (χ3n) is 3.59. The number of nitrogens with zero attached hydrogens (tertiary/aromatic N) is 2. The van der Waals surface area contributed by atoms with E-state index in [-0.39, 0.29) is 11.7 Å². The molecule has 3 rings (SSSR count). The van der Waals surface area contributed by atoms with Gasteiger partial charge in [-0.3, -0.25) is 9.78 Å². The van der Waals surface area contributed by atoms with Gasteiger partial charge in [0.15, 0.2) is 0 Å². The van der Waals surface area contributed by atoms with E-state index in [4.69, 9.17) is 23.2 Å². The van der Waals surface area contributed by atoms with Crippen LogP contribution in [-0.4, -0.2) is 21.7 Å². The first kappa shape index (κ1) is 18.4. The molecular formula is C18H13Cl2N3O2S. The molecule has 1 aromatic carbocycles. The second kappa shape index (κ2) is 7.86. The van der Waals surface area contributed by atoms with Crippen LogP contribution >= 0.6 is 34.5 Å². The predicted molar refractivity (Wildman–Crippen MR) is 105 cm³/mol. The predicted octanol–water partition coefficient (Wildman–Crippen LogP) is 4.98. The molecule has 0 fully saturated rings. The number of aromatic nitrogens is 1. The number of benzene rings is 1. The van der Waals surface area contributed by atoms with Gasteiger partial charge in [0.25, 0.3) is 5.91 Å².